The number of carbonyl (C=O) groups is 1. The van der Waals surface area contributed by atoms with E-state index in [-0.39, 0.29) is 23.3 Å². The molecule has 1 amide bonds. The summed E-state index contributed by atoms with van der Waals surface area (Å²) in [6.45, 7) is 0. The van der Waals surface area contributed by atoms with E-state index >= 15 is 0 Å². The smallest absolute Gasteiger partial charge is 0.269 e. The van der Waals surface area contributed by atoms with Crippen LogP contribution in [-0.4, -0.2) is 24.0 Å². The van der Waals surface area contributed by atoms with Crippen LogP contribution in [0.1, 0.15) is 24.8 Å². The summed E-state index contributed by atoms with van der Waals surface area (Å²) in [4.78, 5) is 16.4. The van der Waals surface area contributed by atoms with Gasteiger partial charge >= 0.3 is 0 Å². The highest BCUT2D eigenvalue weighted by atomic mass is 16.5. The van der Waals surface area contributed by atoms with Crippen molar-refractivity contribution in [1.82, 2.24) is 10.3 Å². The minimum absolute atomic E-state index is 0.0288. The Labute approximate surface area is 152 Å². The van der Waals surface area contributed by atoms with E-state index in [1.807, 2.05) is 6.07 Å². The molecule has 0 radical (unpaired) electrons. The number of pyridine rings is 1. The van der Waals surface area contributed by atoms with Crippen molar-refractivity contribution in [3.8, 4) is 16.9 Å². The average molecular weight is 353 g/mol. The number of methoxy groups -OCH3 is 1. The van der Waals surface area contributed by atoms with Gasteiger partial charge < -0.3 is 27.3 Å². The first-order chi connectivity index (χ1) is 12.5. The number of hydrogen-bond acceptors (Lipinski definition) is 6. The molecule has 7 nitrogen and oxygen atoms in total. The SMILES string of the molecule is COc1ccncc1-c1cccc(/C(N)=C(\N)C(=O)NC2CCC2)c1N. The first-order valence-corrected chi connectivity index (χ1v) is 8.46. The Morgan fingerprint density at radius 2 is 2.00 bits per heavy atom. The fourth-order valence-corrected chi connectivity index (χ4v) is 2.88. The van der Waals surface area contributed by atoms with Crippen LogP contribution in [0.25, 0.3) is 16.8 Å². The molecule has 2 aromatic rings. The molecule has 1 saturated carbocycles. The maximum absolute atomic E-state index is 12.3. The van der Waals surface area contributed by atoms with E-state index < -0.39 is 0 Å². The Balaban J connectivity index is 1.98. The van der Waals surface area contributed by atoms with Gasteiger partial charge in [-0.15, -0.1) is 0 Å². The second-order valence-electron chi connectivity index (χ2n) is 6.27. The van der Waals surface area contributed by atoms with E-state index in [1.54, 1.807) is 37.7 Å². The summed E-state index contributed by atoms with van der Waals surface area (Å²) >= 11 is 0. The highest BCUT2D eigenvalue weighted by molar-refractivity contribution is 6.02. The number of benzene rings is 1. The molecule has 1 aromatic carbocycles. The lowest BCUT2D eigenvalue weighted by Crippen LogP contribution is -2.42. The standard InChI is InChI=1S/C19H23N5O2/c1-26-15-8-9-23-10-14(15)12-6-3-7-13(16(12)20)17(21)18(22)19(25)24-11-4-2-5-11/h3,6-11H,2,4-5,20-22H2,1H3,(H,24,25)/b18-17+. The molecule has 0 aliphatic heterocycles. The molecule has 0 saturated heterocycles. The second kappa shape index (κ2) is 7.35. The second-order valence-corrected chi connectivity index (χ2v) is 6.27. The van der Waals surface area contributed by atoms with Crippen LogP contribution in [0.15, 0.2) is 42.4 Å². The molecule has 1 aliphatic rings. The number of nitrogens with zero attached hydrogens (tertiary/aromatic N) is 1. The molecular formula is C19H23N5O2. The fourth-order valence-electron chi connectivity index (χ4n) is 2.88. The van der Waals surface area contributed by atoms with Gasteiger partial charge in [-0.05, 0) is 25.3 Å². The van der Waals surface area contributed by atoms with Crippen LogP contribution in [0, 0.1) is 0 Å². The van der Waals surface area contributed by atoms with Gasteiger partial charge in [-0.25, -0.2) is 0 Å². The van der Waals surface area contributed by atoms with Gasteiger partial charge in [0.15, 0.2) is 0 Å². The Morgan fingerprint density at radius 1 is 1.23 bits per heavy atom. The third-order valence-electron chi connectivity index (χ3n) is 4.66. The number of hydrogen-bond donors (Lipinski definition) is 4. The quantitative estimate of drug-likeness (QED) is 0.477. The predicted octanol–water partition coefficient (Wildman–Crippen LogP) is 1.59. The number of amides is 1. The van der Waals surface area contributed by atoms with Crippen molar-refractivity contribution in [2.45, 2.75) is 25.3 Å². The number of para-hydroxylation sites is 1. The van der Waals surface area contributed by atoms with Crippen LogP contribution in [0.3, 0.4) is 0 Å². The van der Waals surface area contributed by atoms with E-state index in [2.05, 4.69) is 10.3 Å². The van der Waals surface area contributed by atoms with Crippen LogP contribution in [-0.2, 0) is 4.79 Å². The van der Waals surface area contributed by atoms with E-state index in [0.29, 0.717) is 22.6 Å². The van der Waals surface area contributed by atoms with E-state index in [9.17, 15) is 4.79 Å². The molecule has 26 heavy (non-hydrogen) atoms. The minimum atomic E-state index is -0.365. The van der Waals surface area contributed by atoms with Crippen LogP contribution in [0.4, 0.5) is 5.69 Å². The van der Waals surface area contributed by atoms with Crippen molar-refractivity contribution in [3.05, 3.63) is 47.9 Å². The normalized spacial score (nSPS) is 15.0. The Morgan fingerprint density at radius 3 is 2.65 bits per heavy atom. The number of nitrogens with two attached hydrogens (primary N) is 3. The molecule has 0 bridgehead atoms. The monoisotopic (exact) mass is 353 g/mol. The molecule has 0 atom stereocenters. The van der Waals surface area contributed by atoms with Gasteiger partial charge in [-0.2, -0.15) is 0 Å². The third-order valence-corrected chi connectivity index (χ3v) is 4.66. The zero-order chi connectivity index (χ0) is 18.7. The first kappa shape index (κ1) is 17.6. The molecule has 1 aromatic heterocycles. The zero-order valence-corrected chi connectivity index (χ0v) is 14.7. The number of nitrogens with one attached hydrogen (secondary N) is 1. The lowest BCUT2D eigenvalue weighted by Gasteiger charge is -2.26. The van der Waals surface area contributed by atoms with Gasteiger partial charge in [0.1, 0.15) is 11.4 Å². The van der Waals surface area contributed by atoms with Gasteiger partial charge in [0.05, 0.1) is 12.8 Å². The summed E-state index contributed by atoms with van der Waals surface area (Å²) in [5.74, 6) is 0.276. The van der Waals surface area contributed by atoms with Gasteiger partial charge in [-0.3, -0.25) is 9.78 Å². The molecule has 0 spiro atoms. The topological polar surface area (TPSA) is 129 Å². The zero-order valence-electron chi connectivity index (χ0n) is 14.7. The van der Waals surface area contributed by atoms with Crippen LogP contribution < -0.4 is 27.3 Å². The summed E-state index contributed by atoms with van der Waals surface area (Å²) in [5.41, 5.74) is 21.0. The van der Waals surface area contributed by atoms with Gasteiger partial charge in [0, 0.05) is 40.8 Å². The molecule has 1 fully saturated rings. The lowest BCUT2D eigenvalue weighted by molar-refractivity contribution is -0.118. The first-order valence-electron chi connectivity index (χ1n) is 8.46. The summed E-state index contributed by atoms with van der Waals surface area (Å²) < 4.78 is 5.38. The average Bonchev–Trinajstić information content (AvgIpc) is 2.63. The summed E-state index contributed by atoms with van der Waals surface area (Å²) in [7, 11) is 1.58. The summed E-state index contributed by atoms with van der Waals surface area (Å²) in [6, 6.07) is 7.31. The molecular weight excluding hydrogens is 330 g/mol. The van der Waals surface area contributed by atoms with Crippen LogP contribution >= 0.6 is 0 Å². The van der Waals surface area contributed by atoms with Crippen LogP contribution in [0.5, 0.6) is 5.75 Å². The van der Waals surface area contributed by atoms with Gasteiger partial charge in [-0.1, -0.05) is 18.2 Å². The van der Waals surface area contributed by atoms with Gasteiger partial charge in [0.25, 0.3) is 5.91 Å². The largest absolute Gasteiger partial charge is 0.496 e. The van der Waals surface area contributed by atoms with Crippen LogP contribution in [0.2, 0.25) is 0 Å². The molecule has 7 heteroatoms. The minimum Gasteiger partial charge on any atom is -0.496 e. The van der Waals surface area contributed by atoms with Crippen molar-refractivity contribution in [1.29, 1.82) is 0 Å². The number of nitrogen functional groups attached to an aromatic ring is 1. The van der Waals surface area contributed by atoms with E-state index in [0.717, 1.165) is 24.8 Å². The number of aromatic nitrogens is 1. The molecule has 1 aliphatic carbocycles. The van der Waals surface area contributed by atoms with Crippen molar-refractivity contribution in [3.63, 3.8) is 0 Å². The fraction of sp³-hybridized carbons (Fsp3) is 0.263. The molecule has 0 unspecified atom stereocenters. The third kappa shape index (κ3) is 3.28. The van der Waals surface area contributed by atoms with Crippen molar-refractivity contribution >= 4 is 17.3 Å². The Kier molecular flexibility index (Phi) is 4.97. The molecule has 3 rings (SSSR count). The Bertz CT molecular complexity index is 859. The van der Waals surface area contributed by atoms with Crippen molar-refractivity contribution in [2.75, 3.05) is 12.8 Å². The molecule has 1 heterocycles. The maximum Gasteiger partial charge on any atom is 0.269 e. The van der Waals surface area contributed by atoms with Crippen molar-refractivity contribution < 1.29 is 9.53 Å². The number of ether oxygens (including phenoxy) is 1. The lowest BCUT2D eigenvalue weighted by atomic mass is 9.93. The summed E-state index contributed by atoms with van der Waals surface area (Å²) in [6.07, 6.45) is 6.36. The summed E-state index contributed by atoms with van der Waals surface area (Å²) in [5, 5.41) is 2.88. The molecule has 7 N–H and O–H groups in total. The maximum atomic E-state index is 12.3. The number of carbonyl (C=O) groups excluding carboxylic acids is 1. The number of anilines is 1. The molecule has 136 valence electrons. The Hall–Kier alpha value is -3.22. The number of rotatable bonds is 5. The van der Waals surface area contributed by atoms with E-state index in [1.165, 1.54) is 0 Å². The predicted molar refractivity (Wildman–Crippen MR) is 102 cm³/mol. The highest BCUT2D eigenvalue weighted by Gasteiger charge is 2.22. The van der Waals surface area contributed by atoms with E-state index in [4.69, 9.17) is 21.9 Å². The van der Waals surface area contributed by atoms with Crippen molar-refractivity contribution in [2.24, 2.45) is 11.5 Å². The highest BCUT2D eigenvalue weighted by Crippen LogP contribution is 2.36. The van der Waals surface area contributed by atoms with Gasteiger partial charge in [0.2, 0.25) is 0 Å².